The molecule has 1 aromatic heterocycles. The maximum atomic E-state index is 12.9. The molecule has 226 valence electrons. The summed E-state index contributed by atoms with van der Waals surface area (Å²) in [6.07, 6.45) is -1.54. The number of hydrogen-bond acceptors (Lipinski definition) is 10. The highest BCUT2D eigenvalue weighted by molar-refractivity contribution is 5.87. The van der Waals surface area contributed by atoms with E-state index >= 15 is 0 Å². The van der Waals surface area contributed by atoms with Crippen molar-refractivity contribution in [3.8, 4) is 28.6 Å². The summed E-state index contributed by atoms with van der Waals surface area (Å²) in [5, 5.41) is 11.8. The first-order valence-corrected chi connectivity index (χ1v) is 13.0. The van der Waals surface area contributed by atoms with Crippen LogP contribution in [0.5, 0.6) is 17.2 Å². The lowest BCUT2D eigenvalue weighted by atomic mass is 10.0. The standard InChI is InChI=1S/C29H35N3O10/c1-15-10-17(25-30-19-12-18(38-6)13-21(39-7)23(19)26(34)32-25)11-16(2)24(15)41-9-8-40-22(33)14-20(27(35)36)31-28(37)42-29(3,4)5/h10-13,20H,8-9,14H2,1-7H3,(H,31,37)(H,35,36)(H,30,32,34)/t20-/m0/s1. The molecular formula is C29H35N3O10. The zero-order valence-electron chi connectivity index (χ0n) is 24.6. The normalized spacial score (nSPS) is 11.9. The highest BCUT2D eigenvalue weighted by Gasteiger charge is 2.27. The molecular weight excluding hydrogens is 550 g/mol. The summed E-state index contributed by atoms with van der Waals surface area (Å²) in [6, 6.07) is 5.36. The summed E-state index contributed by atoms with van der Waals surface area (Å²) in [4.78, 5) is 55.8. The lowest BCUT2D eigenvalue weighted by molar-refractivity contribution is -0.150. The van der Waals surface area contributed by atoms with Gasteiger partial charge >= 0.3 is 18.0 Å². The molecule has 1 atom stereocenters. The molecule has 0 aliphatic carbocycles. The Morgan fingerprint density at radius 3 is 2.26 bits per heavy atom. The first-order chi connectivity index (χ1) is 19.7. The average Bonchev–Trinajstić information content (AvgIpc) is 2.89. The quantitative estimate of drug-likeness (QED) is 0.222. The maximum Gasteiger partial charge on any atom is 0.408 e. The van der Waals surface area contributed by atoms with E-state index in [-0.39, 0.29) is 18.8 Å². The number of nitrogens with zero attached hydrogens (tertiary/aromatic N) is 1. The number of aromatic nitrogens is 2. The predicted molar refractivity (Wildman–Crippen MR) is 152 cm³/mol. The van der Waals surface area contributed by atoms with E-state index in [1.54, 1.807) is 45.0 Å². The molecule has 0 fully saturated rings. The van der Waals surface area contributed by atoms with Crippen molar-refractivity contribution in [3.05, 3.63) is 45.7 Å². The van der Waals surface area contributed by atoms with Gasteiger partial charge in [0.25, 0.3) is 5.56 Å². The summed E-state index contributed by atoms with van der Waals surface area (Å²) >= 11 is 0. The number of carboxylic acid groups (broad SMARTS) is 1. The number of carbonyl (C=O) groups is 3. The Kier molecular flexibility index (Phi) is 9.99. The number of carboxylic acids is 1. The minimum absolute atomic E-state index is 0.00531. The van der Waals surface area contributed by atoms with Crippen molar-refractivity contribution in [2.45, 2.75) is 52.7 Å². The van der Waals surface area contributed by atoms with Gasteiger partial charge in [-0.25, -0.2) is 14.6 Å². The number of aromatic amines is 1. The molecule has 0 spiro atoms. The first-order valence-electron chi connectivity index (χ1n) is 13.0. The van der Waals surface area contributed by atoms with Crippen LogP contribution in [-0.2, 0) is 19.1 Å². The molecule has 13 heteroatoms. The van der Waals surface area contributed by atoms with Crippen LogP contribution in [0.15, 0.2) is 29.1 Å². The third-order valence-electron chi connectivity index (χ3n) is 5.89. The number of alkyl carbamates (subject to hydrolysis) is 1. The largest absolute Gasteiger partial charge is 0.497 e. The van der Waals surface area contributed by atoms with Crippen molar-refractivity contribution in [3.63, 3.8) is 0 Å². The van der Waals surface area contributed by atoms with Gasteiger partial charge in [0.15, 0.2) is 0 Å². The lowest BCUT2D eigenvalue weighted by Crippen LogP contribution is -2.44. The van der Waals surface area contributed by atoms with Crippen LogP contribution in [0.3, 0.4) is 0 Å². The van der Waals surface area contributed by atoms with Crippen molar-refractivity contribution in [2.24, 2.45) is 0 Å². The number of ether oxygens (including phenoxy) is 5. The minimum atomic E-state index is -1.51. The fraction of sp³-hybridized carbons (Fsp3) is 0.414. The second kappa shape index (κ2) is 13.2. The molecule has 3 N–H and O–H groups in total. The van der Waals surface area contributed by atoms with Crippen LogP contribution < -0.4 is 25.1 Å². The fourth-order valence-corrected chi connectivity index (χ4v) is 4.12. The molecule has 0 bridgehead atoms. The Bertz CT molecular complexity index is 1520. The number of nitrogens with one attached hydrogen (secondary N) is 2. The first kappa shape index (κ1) is 31.7. The zero-order chi connectivity index (χ0) is 31.2. The third kappa shape index (κ3) is 8.12. The molecule has 0 saturated carbocycles. The van der Waals surface area contributed by atoms with Crippen molar-refractivity contribution in [1.29, 1.82) is 0 Å². The van der Waals surface area contributed by atoms with E-state index in [0.717, 1.165) is 11.1 Å². The van der Waals surface area contributed by atoms with Gasteiger partial charge in [-0.15, -0.1) is 0 Å². The molecule has 3 aromatic rings. The molecule has 0 unspecified atom stereocenters. The second-order valence-electron chi connectivity index (χ2n) is 10.4. The molecule has 2 aromatic carbocycles. The number of aliphatic carboxylic acids is 1. The van der Waals surface area contributed by atoms with Crippen LogP contribution in [0, 0.1) is 13.8 Å². The van der Waals surface area contributed by atoms with Gasteiger partial charge < -0.3 is 39.1 Å². The van der Waals surface area contributed by atoms with Gasteiger partial charge in [-0.1, -0.05) is 0 Å². The van der Waals surface area contributed by atoms with E-state index in [1.807, 2.05) is 13.8 Å². The van der Waals surface area contributed by atoms with Crippen LogP contribution in [0.4, 0.5) is 4.79 Å². The predicted octanol–water partition coefficient (Wildman–Crippen LogP) is 3.51. The number of methoxy groups -OCH3 is 2. The topological polar surface area (TPSA) is 175 Å². The number of hydrogen-bond donors (Lipinski definition) is 3. The Morgan fingerprint density at radius 2 is 1.69 bits per heavy atom. The van der Waals surface area contributed by atoms with Gasteiger partial charge in [0.1, 0.15) is 53.3 Å². The van der Waals surface area contributed by atoms with E-state index in [1.165, 1.54) is 14.2 Å². The Balaban J connectivity index is 1.65. The van der Waals surface area contributed by atoms with E-state index in [0.29, 0.717) is 39.5 Å². The van der Waals surface area contributed by atoms with E-state index in [4.69, 9.17) is 23.7 Å². The Morgan fingerprint density at radius 1 is 1.02 bits per heavy atom. The number of H-pyrrole nitrogens is 1. The summed E-state index contributed by atoms with van der Waals surface area (Å²) in [7, 11) is 2.97. The minimum Gasteiger partial charge on any atom is -0.497 e. The summed E-state index contributed by atoms with van der Waals surface area (Å²) in [5.74, 6) is -0.484. The number of aryl methyl sites for hydroxylation is 2. The Hall–Kier alpha value is -4.81. The number of amides is 1. The van der Waals surface area contributed by atoms with Gasteiger partial charge in [0.05, 0.1) is 26.2 Å². The molecule has 0 aliphatic rings. The fourth-order valence-electron chi connectivity index (χ4n) is 4.12. The maximum absolute atomic E-state index is 12.9. The molecule has 0 aliphatic heterocycles. The van der Waals surface area contributed by atoms with Gasteiger partial charge in [-0.2, -0.15) is 0 Å². The molecule has 0 saturated heterocycles. The monoisotopic (exact) mass is 585 g/mol. The van der Waals surface area contributed by atoms with Gasteiger partial charge in [-0.3, -0.25) is 9.59 Å². The van der Waals surface area contributed by atoms with Crippen molar-refractivity contribution in [2.75, 3.05) is 27.4 Å². The summed E-state index contributed by atoms with van der Waals surface area (Å²) < 4.78 is 26.6. The molecule has 13 nitrogen and oxygen atoms in total. The Labute approximate surface area is 242 Å². The lowest BCUT2D eigenvalue weighted by Gasteiger charge is -2.21. The van der Waals surface area contributed by atoms with Crippen LogP contribution in [-0.4, -0.2) is 72.2 Å². The van der Waals surface area contributed by atoms with E-state index in [9.17, 15) is 24.3 Å². The van der Waals surface area contributed by atoms with Crippen molar-refractivity contribution < 1.29 is 43.2 Å². The van der Waals surface area contributed by atoms with Crippen LogP contribution >= 0.6 is 0 Å². The van der Waals surface area contributed by atoms with Crippen LogP contribution in [0.25, 0.3) is 22.3 Å². The SMILES string of the molecule is COc1cc(OC)c2c(=O)[nH]c(-c3cc(C)c(OCCOC(=O)C[C@H](NC(=O)OC(C)(C)C)C(=O)O)c(C)c3)nc2c1. The zero-order valence-corrected chi connectivity index (χ0v) is 24.6. The highest BCUT2D eigenvalue weighted by Crippen LogP contribution is 2.31. The summed E-state index contributed by atoms with van der Waals surface area (Å²) in [6.45, 7) is 8.37. The van der Waals surface area contributed by atoms with Gasteiger partial charge in [0.2, 0.25) is 0 Å². The van der Waals surface area contributed by atoms with Crippen molar-refractivity contribution in [1.82, 2.24) is 15.3 Å². The molecule has 42 heavy (non-hydrogen) atoms. The molecule has 3 rings (SSSR count). The number of carbonyl (C=O) groups excluding carboxylic acids is 2. The third-order valence-corrected chi connectivity index (χ3v) is 5.89. The second-order valence-corrected chi connectivity index (χ2v) is 10.4. The smallest absolute Gasteiger partial charge is 0.408 e. The average molecular weight is 586 g/mol. The van der Waals surface area contributed by atoms with Crippen LogP contribution in [0.1, 0.15) is 38.3 Å². The van der Waals surface area contributed by atoms with Gasteiger partial charge in [-0.05, 0) is 57.9 Å². The number of rotatable bonds is 11. The number of esters is 1. The molecule has 1 heterocycles. The number of benzene rings is 2. The highest BCUT2D eigenvalue weighted by atomic mass is 16.6. The van der Waals surface area contributed by atoms with E-state index in [2.05, 4.69) is 15.3 Å². The van der Waals surface area contributed by atoms with Gasteiger partial charge in [0, 0.05) is 17.7 Å². The number of fused-ring (bicyclic) bond motifs is 1. The molecule has 1 amide bonds. The molecule has 0 radical (unpaired) electrons. The van der Waals surface area contributed by atoms with Crippen molar-refractivity contribution >= 4 is 28.9 Å². The van der Waals surface area contributed by atoms with E-state index < -0.39 is 36.1 Å². The summed E-state index contributed by atoms with van der Waals surface area (Å²) in [5.41, 5.74) is 1.36. The van der Waals surface area contributed by atoms with Crippen LogP contribution in [0.2, 0.25) is 0 Å².